The second-order valence-electron chi connectivity index (χ2n) is 6.38. The fourth-order valence-electron chi connectivity index (χ4n) is 3.01. The molecule has 1 aliphatic heterocycles. The molecule has 6 heteroatoms. The summed E-state index contributed by atoms with van der Waals surface area (Å²) in [4.78, 5) is 20.5. The lowest BCUT2D eigenvalue weighted by atomic mass is 10.1. The Kier molecular flexibility index (Phi) is 4.01. The SMILES string of the molecule is Cc1ccc(NC2=[NH+][C@H](c3ccccc3)n3c(nc(C)cc3=O)N2)cc1. The Labute approximate surface area is 151 Å². The Morgan fingerprint density at radius 2 is 1.81 bits per heavy atom. The third-order valence-corrected chi connectivity index (χ3v) is 4.29. The number of guanidine groups is 1. The number of fused-ring (bicyclic) bond motifs is 1. The molecule has 0 saturated carbocycles. The average molecular weight is 346 g/mol. The van der Waals surface area contributed by atoms with E-state index in [4.69, 9.17) is 0 Å². The van der Waals surface area contributed by atoms with Gasteiger partial charge in [0.25, 0.3) is 11.5 Å². The van der Waals surface area contributed by atoms with Crippen LogP contribution in [0.3, 0.4) is 0 Å². The molecule has 2 aromatic carbocycles. The van der Waals surface area contributed by atoms with Gasteiger partial charge in [-0.15, -0.1) is 0 Å². The van der Waals surface area contributed by atoms with Crippen LogP contribution in [0, 0.1) is 13.8 Å². The highest BCUT2D eigenvalue weighted by Gasteiger charge is 2.28. The summed E-state index contributed by atoms with van der Waals surface area (Å²) in [5.74, 6) is 1.19. The van der Waals surface area contributed by atoms with E-state index in [0.717, 1.165) is 11.3 Å². The first-order chi connectivity index (χ1) is 12.6. The van der Waals surface area contributed by atoms with Crippen LogP contribution < -0.4 is 21.2 Å². The van der Waals surface area contributed by atoms with Crippen molar-refractivity contribution in [2.75, 3.05) is 10.6 Å². The van der Waals surface area contributed by atoms with E-state index in [1.54, 1.807) is 10.6 Å². The first-order valence-corrected chi connectivity index (χ1v) is 8.49. The van der Waals surface area contributed by atoms with Crippen LogP contribution in [0.2, 0.25) is 0 Å². The van der Waals surface area contributed by atoms with Gasteiger partial charge in [-0.25, -0.2) is 20.2 Å². The van der Waals surface area contributed by atoms with Gasteiger partial charge in [0, 0.05) is 17.3 Å². The summed E-state index contributed by atoms with van der Waals surface area (Å²) in [7, 11) is 0. The molecule has 130 valence electrons. The van der Waals surface area contributed by atoms with Crippen LogP contribution in [0.25, 0.3) is 0 Å². The Morgan fingerprint density at radius 1 is 1.08 bits per heavy atom. The highest BCUT2D eigenvalue weighted by Crippen LogP contribution is 2.16. The summed E-state index contributed by atoms with van der Waals surface area (Å²) in [5, 5.41) is 6.51. The van der Waals surface area contributed by atoms with Gasteiger partial charge in [0.15, 0.2) is 6.17 Å². The summed E-state index contributed by atoms with van der Waals surface area (Å²) < 4.78 is 1.63. The van der Waals surface area contributed by atoms with Crippen LogP contribution in [0.4, 0.5) is 11.6 Å². The number of hydrogen-bond donors (Lipinski definition) is 3. The Bertz CT molecular complexity index is 1020. The van der Waals surface area contributed by atoms with Crippen molar-refractivity contribution >= 4 is 17.6 Å². The summed E-state index contributed by atoms with van der Waals surface area (Å²) in [5.41, 5.74) is 3.70. The monoisotopic (exact) mass is 346 g/mol. The van der Waals surface area contributed by atoms with Crippen molar-refractivity contribution in [2.24, 2.45) is 0 Å². The third kappa shape index (κ3) is 3.09. The molecular formula is C20H20N5O+. The molecule has 3 N–H and O–H groups in total. The molecule has 3 aromatic rings. The molecule has 6 nitrogen and oxygen atoms in total. The number of nitrogens with zero attached hydrogens (tertiary/aromatic N) is 2. The summed E-state index contributed by atoms with van der Waals surface area (Å²) in [6.45, 7) is 3.87. The molecular weight excluding hydrogens is 326 g/mol. The zero-order valence-electron chi connectivity index (χ0n) is 14.7. The van der Waals surface area contributed by atoms with Crippen molar-refractivity contribution in [1.82, 2.24) is 9.55 Å². The fraction of sp³-hybridized carbons (Fsp3) is 0.150. The van der Waals surface area contributed by atoms with Crippen molar-refractivity contribution in [1.29, 1.82) is 0 Å². The van der Waals surface area contributed by atoms with Crippen molar-refractivity contribution in [3.8, 4) is 0 Å². The van der Waals surface area contributed by atoms with Gasteiger partial charge in [0.2, 0.25) is 0 Å². The van der Waals surface area contributed by atoms with Gasteiger partial charge in [0.1, 0.15) is 0 Å². The molecule has 0 aliphatic carbocycles. The van der Waals surface area contributed by atoms with Gasteiger partial charge in [0.05, 0.1) is 5.69 Å². The van der Waals surface area contributed by atoms with Crippen molar-refractivity contribution in [3.63, 3.8) is 0 Å². The van der Waals surface area contributed by atoms with Gasteiger partial charge < -0.3 is 0 Å². The number of rotatable bonds is 2. The van der Waals surface area contributed by atoms with Gasteiger partial charge in [-0.2, -0.15) is 0 Å². The lowest BCUT2D eigenvalue weighted by Crippen LogP contribution is -2.82. The number of aromatic nitrogens is 2. The highest BCUT2D eigenvalue weighted by atomic mass is 16.1. The minimum atomic E-state index is -0.346. The maximum Gasteiger partial charge on any atom is 0.357 e. The van der Waals surface area contributed by atoms with Gasteiger partial charge in [-0.1, -0.05) is 48.0 Å². The normalized spacial score (nSPS) is 15.6. The maximum absolute atomic E-state index is 12.6. The van der Waals surface area contributed by atoms with E-state index in [1.807, 2.05) is 61.5 Å². The van der Waals surface area contributed by atoms with Gasteiger partial charge in [-0.3, -0.25) is 9.79 Å². The molecule has 0 radical (unpaired) electrons. The second-order valence-corrected chi connectivity index (χ2v) is 6.38. The Morgan fingerprint density at radius 3 is 2.54 bits per heavy atom. The van der Waals surface area contributed by atoms with Crippen LogP contribution in [0.5, 0.6) is 0 Å². The van der Waals surface area contributed by atoms with Crippen LogP contribution in [0.15, 0.2) is 65.5 Å². The first kappa shape index (κ1) is 16.1. The van der Waals surface area contributed by atoms with Crippen molar-refractivity contribution in [3.05, 3.63) is 87.8 Å². The minimum Gasteiger partial charge on any atom is -0.269 e. The summed E-state index contributed by atoms with van der Waals surface area (Å²) in [6, 6.07) is 19.5. The number of anilines is 2. The molecule has 26 heavy (non-hydrogen) atoms. The summed E-state index contributed by atoms with van der Waals surface area (Å²) >= 11 is 0. The number of aryl methyl sites for hydroxylation is 2. The molecule has 0 saturated heterocycles. The predicted octanol–water partition coefficient (Wildman–Crippen LogP) is 1.38. The smallest absolute Gasteiger partial charge is 0.269 e. The second kappa shape index (κ2) is 6.48. The van der Waals surface area contributed by atoms with Crippen LogP contribution in [-0.4, -0.2) is 15.5 Å². The van der Waals surface area contributed by atoms with E-state index in [2.05, 4.69) is 27.5 Å². The predicted molar refractivity (Wildman–Crippen MR) is 102 cm³/mol. The van der Waals surface area contributed by atoms with Crippen molar-refractivity contribution < 1.29 is 4.99 Å². The van der Waals surface area contributed by atoms with Crippen LogP contribution in [0.1, 0.15) is 23.0 Å². The molecule has 0 amide bonds. The largest absolute Gasteiger partial charge is 0.357 e. The number of nitrogens with one attached hydrogen (secondary N) is 3. The molecule has 1 atom stereocenters. The van der Waals surface area contributed by atoms with Crippen LogP contribution in [-0.2, 0) is 0 Å². The molecule has 1 aliphatic rings. The standard InChI is InChI=1S/C20H19N5O/c1-13-8-10-16(11-9-13)22-19-23-18(15-6-4-3-5-7-15)25-17(26)12-14(2)21-20(25)24-19/h3-12,18H,1-2H3,(H2,21,22,23,24)/p+1/t18-/m0/s1. The lowest BCUT2D eigenvalue weighted by Gasteiger charge is -2.23. The minimum absolute atomic E-state index is 0.101. The van der Waals surface area contributed by atoms with E-state index in [1.165, 1.54) is 5.56 Å². The zero-order chi connectivity index (χ0) is 18.1. The molecule has 4 rings (SSSR count). The highest BCUT2D eigenvalue weighted by molar-refractivity contribution is 5.99. The van der Waals surface area contributed by atoms with E-state index in [-0.39, 0.29) is 11.7 Å². The Hall–Kier alpha value is -3.41. The fourth-order valence-corrected chi connectivity index (χ4v) is 3.01. The molecule has 1 aromatic heterocycles. The summed E-state index contributed by atoms with van der Waals surface area (Å²) in [6.07, 6.45) is -0.346. The van der Waals surface area contributed by atoms with E-state index < -0.39 is 0 Å². The maximum atomic E-state index is 12.6. The number of hydrogen-bond acceptors (Lipinski definition) is 4. The zero-order valence-corrected chi connectivity index (χ0v) is 14.7. The average Bonchev–Trinajstić information content (AvgIpc) is 2.63. The molecule has 0 fully saturated rings. The van der Waals surface area contributed by atoms with Crippen LogP contribution >= 0.6 is 0 Å². The molecule has 0 unspecified atom stereocenters. The van der Waals surface area contributed by atoms with E-state index in [9.17, 15) is 4.79 Å². The Balaban J connectivity index is 1.78. The van der Waals surface area contributed by atoms with Gasteiger partial charge >= 0.3 is 5.96 Å². The lowest BCUT2D eigenvalue weighted by molar-refractivity contribution is -0.520. The number of benzene rings is 2. The third-order valence-electron chi connectivity index (χ3n) is 4.29. The van der Waals surface area contributed by atoms with Crippen molar-refractivity contribution in [2.45, 2.75) is 20.0 Å². The molecule has 0 spiro atoms. The first-order valence-electron chi connectivity index (χ1n) is 8.49. The topological polar surface area (TPSA) is 72.9 Å². The van der Waals surface area contributed by atoms with E-state index >= 15 is 0 Å². The molecule has 0 bridgehead atoms. The quantitative estimate of drug-likeness (QED) is 0.656. The van der Waals surface area contributed by atoms with E-state index in [0.29, 0.717) is 17.6 Å². The molecule has 2 heterocycles. The van der Waals surface area contributed by atoms with Gasteiger partial charge in [-0.05, 0) is 26.0 Å².